The fourth-order valence-electron chi connectivity index (χ4n) is 3.20. The molecule has 2 rings (SSSR count). The lowest BCUT2D eigenvalue weighted by Crippen LogP contribution is -2.40. The topological polar surface area (TPSA) is 53.6 Å². The van der Waals surface area contributed by atoms with Crippen molar-refractivity contribution in [1.29, 1.82) is 0 Å². The maximum absolute atomic E-state index is 6.00. The molecule has 0 aromatic carbocycles. The maximum Gasteiger partial charge on any atom is 0.188 e. The van der Waals surface area contributed by atoms with E-state index in [0.717, 1.165) is 24.9 Å². The fourth-order valence-corrected chi connectivity index (χ4v) is 3.20. The summed E-state index contributed by atoms with van der Waals surface area (Å²) in [5, 5.41) is 3.29. The van der Waals surface area contributed by atoms with Crippen LogP contribution in [0.5, 0.6) is 0 Å². The number of hydrogen-bond acceptors (Lipinski definition) is 2. The molecule has 1 aliphatic carbocycles. The van der Waals surface area contributed by atoms with Crippen LogP contribution < -0.4 is 11.1 Å². The fraction of sp³-hybridized carbons (Fsp3) is 0.938. The van der Waals surface area contributed by atoms with Crippen LogP contribution in [-0.2, 0) is 0 Å². The average molecular weight is 408 g/mol. The Kier molecular flexibility index (Phi) is 8.94. The van der Waals surface area contributed by atoms with Gasteiger partial charge in [-0.3, -0.25) is 9.89 Å². The van der Waals surface area contributed by atoms with Crippen molar-refractivity contribution in [2.24, 2.45) is 22.6 Å². The molecule has 21 heavy (non-hydrogen) atoms. The molecule has 1 heterocycles. The first-order valence-corrected chi connectivity index (χ1v) is 8.43. The summed E-state index contributed by atoms with van der Waals surface area (Å²) in [7, 11) is 0. The van der Waals surface area contributed by atoms with Crippen molar-refractivity contribution in [2.45, 2.75) is 58.4 Å². The lowest BCUT2D eigenvalue weighted by atomic mass is 9.85. The molecular formula is C16H33IN4. The molecule has 0 radical (unpaired) electrons. The standard InChI is InChI=1S/C16H32N4.HI/c1-13(2)10-15(20-8-3-4-9-20)12-19-16(17)18-11-14-6-5-7-14;/h13-15H,3-12H2,1-2H3,(H3,17,18,19);1H. The quantitative estimate of drug-likeness (QED) is 0.387. The van der Waals surface area contributed by atoms with Crippen LogP contribution in [0.4, 0.5) is 0 Å². The molecule has 0 spiro atoms. The molecule has 1 saturated carbocycles. The Morgan fingerprint density at radius 2 is 1.90 bits per heavy atom. The van der Waals surface area contributed by atoms with Gasteiger partial charge in [-0.15, -0.1) is 24.0 Å². The summed E-state index contributed by atoms with van der Waals surface area (Å²) in [6.07, 6.45) is 7.99. The molecule has 5 heteroatoms. The second-order valence-electron chi connectivity index (χ2n) is 6.93. The van der Waals surface area contributed by atoms with Gasteiger partial charge in [-0.05, 0) is 57.0 Å². The number of rotatable bonds is 7. The molecule has 2 aliphatic rings. The van der Waals surface area contributed by atoms with Gasteiger partial charge in [0.2, 0.25) is 0 Å². The first kappa shape index (κ1) is 19.0. The van der Waals surface area contributed by atoms with E-state index >= 15 is 0 Å². The summed E-state index contributed by atoms with van der Waals surface area (Å²) < 4.78 is 0. The van der Waals surface area contributed by atoms with Crippen LogP contribution in [0.1, 0.15) is 52.4 Å². The molecule has 3 N–H and O–H groups in total. The molecule has 4 nitrogen and oxygen atoms in total. The second kappa shape index (κ2) is 9.87. The van der Waals surface area contributed by atoms with Crippen LogP contribution in [-0.4, -0.2) is 43.1 Å². The van der Waals surface area contributed by atoms with E-state index in [2.05, 4.69) is 29.1 Å². The summed E-state index contributed by atoms with van der Waals surface area (Å²) in [6.45, 7) is 8.93. The van der Waals surface area contributed by atoms with Crippen LogP contribution >= 0.6 is 24.0 Å². The van der Waals surface area contributed by atoms with E-state index in [-0.39, 0.29) is 24.0 Å². The SMILES string of the molecule is CC(C)CC(CN=C(N)NCC1CCC1)N1CCCC1.I. The maximum atomic E-state index is 6.00. The van der Waals surface area contributed by atoms with Crippen LogP contribution in [0.3, 0.4) is 0 Å². The van der Waals surface area contributed by atoms with E-state index in [9.17, 15) is 0 Å². The predicted molar refractivity (Wildman–Crippen MR) is 101 cm³/mol. The normalized spacial score (nSPS) is 22.0. The Balaban J connectivity index is 0.00000220. The van der Waals surface area contributed by atoms with Crippen LogP contribution in [0, 0.1) is 11.8 Å². The molecular weight excluding hydrogens is 375 g/mol. The first-order chi connectivity index (χ1) is 9.65. The highest BCUT2D eigenvalue weighted by Gasteiger charge is 2.22. The van der Waals surface area contributed by atoms with Gasteiger partial charge in [0.1, 0.15) is 0 Å². The number of aliphatic imine (C=N–C) groups is 1. The lowest BCUT2D eigenvalue weighted by Gasteiger charge is -2.28. The second-order valence-corrected chi connectivity index (χ2v) is 6.93. The Hall–Kier alpha value is -0.0400. The molecule has 0 aromatic heterocycles. The molecule has 124 valence electrons. The summed E-state index contributed by atoms with van der Waals surface area (Å²) in [6, 6.07) is 0.571. The minimum Gasteiger partial charge on any atom is -0.370 e. The number of nitrogens with one attached hydrogen (secondary N) is 1. The van der Waals surface area contributed by atoms with E-state index in [1.54, 1.807) is 0 Å². The minimum absolute atomic E-state index is 0. The Labute approximate surface area is 147 Å². The van der Waals surface area contributed by atoms with Gasteiger partial charge in [0, 0.05) is 12.6 Å². The van der Waals surface area contributed by atoms with E-state index in [1.807, 2.05) is 0 Å². The van der Waals surface area contributed by atoms with Crippen molar-refractivity contribution < 1.29 is 0 Å². The van der Waals surface area contributed by atoms with Crippen LogP contribution in [0.15, 0.2) is 4.99 Å². The molecule has 1 atom stereocenters. The van der Waals surface area contributed by atoms with E-state index < -0.39 is 0 Å². The third-order valence-electron chi connectivity index (χ3n) is 4.67. The van der Waals surface area contributed by atoms with Crippen molar-refractivity contribution in [3.8, 4) is 0 Å². The molecule has 0 bridgehead atoms. The molecule has 1 aliphatic heterocycles. The van der Waals surface area contributed by atoms with Crippen LogP contribution in [0.25, 0.3) is 0 Å². The Morgan fingerprint density at radius 1 is 1.24 bits per heavy atom. The zero-order chi connectivity index (χ0) is 14.4. The van der Waals surface area contributed by atoms with Gasteiger partial charge in [0.05, 0.1) is 6.54 Å². The first-order valence-electron chi connectivity index (χ1n) is 8.43. The van der Waals surface area contributed by atoms with Gasteiger partial charge in [-0.25, -0.2) is 0 Å². The number of halogens is 1. The van der Waals surface area contributed by atoms with Gasteiger partial charge >= 0.3 is 0 Å². The lowest BCUT2D eigenvalue weighted by molar-refractivity contribution is 0.218. The number of hydrogen-bond donors (Lipinski definition) is 2. The monoisotopic (exact) mass is 408 g/mol. The van der Waals surface area contributed by atoms with E-state index in [0.29, 0.717) is 12.0 Å². The third kappa shape index (κ3) is 6.72. The molecule has 0 aromatic rings. The number of nitrogens with zero attached hydrogens (tertiary/aromatic N) is 2. The van der Waals surface area contributed by atoms with Crippen molar-refractivity contribution in [3.05, 3.63) is 0 Å². The number of likely N-dealkylation sites (tertiary alicyclic amines) is 1. The molecule has 0 amide bonds. The summed E-state index contributed by atoms with van der Waals surface area (Å²) in [5.41, 5.74) is 6.00. The van der Waals surface area contributed by atoms with Crippen molar-refractivity contribution in [1.82, 2.24) is 10.2 Å². The Bertz CT molecular complexity index is 309. The Morgan fingerprint density at radius 3 is 2.43 bits per heavy atom. The molecule has 1 unspecified atom stereocenters. The highest BCUT2D eigenvalue weighted by molar-refractivity contribution is 14.0. The summed E-state index contributed by atoms with van der Waals surface area (Å²) in [5.74, 6) is 2.19. The van der Waals surface area contributed by atoms with Gasteiger partial charge in [0.25, 0.3) is 0 Å². The van der Waals surface area contributed by atoms with Crippen molar-refractivity contribution in [3.63, 3.8) is 0 Å². The highest BCUT2D eigenvalue weighted by atomic mass is 127. The number of guanidine groups is 1. The zero-order valence-electron chi connectivity index (χ0n) is 13.7. The summed E-state index contributed by atoms with van der Waals surface area (Å²) >= 11 is 0. The minimum atomic E-state index is 0. The average Bonchev–Trinajstić information content (AvgIpc) is 2.85. The smallest absolute Gasteiger partial charge is 0.188 e. The predicted octanol–water partition coefficient (Wildman–Crippen LogP) is 2.82. The van der Waals surface area contributed by atoms with Gasteiger partial charge in [0.15, 0.2) is 5.96 Å². The van der Waals surface area contributed by atoms with Crippen LogP contribution in [0.2, 0.25) is 0 Å². The third-order valence-corrected chi connectivity index (χ3v) is 4.67. The van der Waals surface area contributed by atoms with Crippen molar-refractivity contribution >= 4 is 29.9 Å². The zero-order valence-corrected chi connectivity index (χ0v) is 16.0. The van der Waals surface area contributed by atoms with Gasteiger partial charge in [-0.2, -0.15) is 0 Å². The molecule has 1 saturated heterocycles. The van der Waals surface area contributed by atoms with Gasteiger partial charge < -0.3 is 11.1 Å². The van der Waals surface area contributed by atoms with E-state index in [4.69, 9.17) is 5.73 Å². The number of nitrogens with two attached hydrogens (primary N) is 1. The molecule has 2 fully saturated rings. The van der Waals surface area contributed by atoms with E-state index in [1.165, 1.54) is 51.6 Å². The van der Waals surface area contributed by atoms with Gasteiger partial charge in [-0.1, -0.05) is 20.3 Å². The largest absolute Gasteiger partial charge is 0.370 e. The van der Waals surface area contributed by atoms with Crippen molar-refractivity contribution in [2.75, 3.05) is 26.2 Å². The highest BCUT2D eigenvalue weighted by Crippen LogP contribution is 2.25. The summed E-state index contributed by atoms with van der Waals surface area (Å²) in [4.78, 5) is 7.19.